The van der Waals surface area contributed by atoms with Crippen LogP contribution in [0.4, 0.5) is 0 Å². The molecule has 0 saturated heterocycles. The monoisotopic (exact) mass is 386 g/mol. The van der Waals surface area contributed by atoms with E-state index in [1.165, 1.54) is 31.2 Å². The maximum absolute atomic E-state index is 10.4. The first-order valence-electron chi connectivity index (χ1n) is 8.11. The minimum Gasteiger partial charge on any atom is -0.507 e. The number of phenols is 8. The summed E-state index contributed by atoms with van der Waals surface area (Å²) in [6, 6.07) is 5.73. The second-order valence-corrected chi connectivity index (χ2v) is 6.37. The Balaban J connectivity index is 2.31. The molecule has 0 aromatic heterocycles. The number of hydrogen-bond acceptors (Lipinski definition) is 8. The fourth-order valence-electron chi connectivity index (χ4n) is 3.01. The molecule has 0 spiro atoms. The van der Waals surface area contributed by atoms with Crippen LogP contribution in [0, 0.1) is 13.8 Å². The Kier molecular flexibility index (Phi) is 4.27. The van der Waals surface area contributed by atoms with Crippen LogP contribution in [0.3, 0.4) is 0 Å². The molecule has 0 fully saturated rings. The van der Waals surface area contributed by atoms with Crippen molar-refractivity contribution in [3.8, 4) is 68.2 Å². The third-order valence-electron chi connectivity index (χ3n) is 4.78. The highest BCUT2D eigenvalue weighted by molar-refractivity contribution is 5.89. The molecule has 0 aliphatic heterocycles. The molecule has 0 aliphatic carbocycles. The van der Waals surface area contributed by atoms with Crippen LogP contribution in [0.5, 0.6) is 46.0 Å². The molecule has 3 aromatic rings. The normalized spacial score (nSPS) is 10.9. The highest BCUT2D eigenvalue weighted by atomic mass is 16.4. The second kappa shape index (κ2) is 6.34. The summed E-state index contributed by atoms with van der Waals surface area (Å²) < 4.78 is 0. The summed E-state index contributed by atoms with van der Waals surface area (Å²) in [6.07, 6.45) is 0. The van der Waals surface area contributed by atoms with Crippen molar-refractivity contribution in [3.05, 3.63) is 35.4 Å². The molecule has 0 amide bonds. The van der Waals surface area contributed by atoms with Crippen LogP contribution in [0.1, 0.15) is 11.1 Å². The second-order valence-electron chi connectivity index (χ2n) is 6.37. The Morgan fingerprint density at radius 1 is 0.464 bits per heavy atom. The van der Waals surface area contributed by atoms with Gasteiger partial charge < -0.3 is 40.9 Å². The summed E-state index contributed by atoms with van der Waals surface area (Å²) in [7, 11) is 0. The van der Waals surface area contributed by atoms with E-state index in [2.05, 4.69) is 0 Å². The van der Waals surface area contributed by atoms with E-state index in [9.17, 15) is 40.9 Å². The Hall–Kier alpha value is -3.94. The molecular formula is C20H18O8. The third-order valence-corrected chi connectivity index (χ3v) is 4.78. The van der Waals surface area contributed by atoms with Crippen molar-refractivity contribution in [1.29, 1.82) is 0 Å². The first-order valence-corrected chi connectivity index (χ1v) is 8.11. The molecule has 28 heavy (non-hydrogen) atoms. The average Bonchev–Trinajstić information content (AvgIpc) is 2.68. The summed E-state index contributed by atoms with van der Waals surface area (Å²) in [4.78, 5) is 0. The van der Waals surface area contributed by atoms with E-state index in [4.69, 9.17) is 0 Å². The van der Waals surface area contributed by atoms with Gasteiger partial charge in [0.1, 0.15) is 5.75 Å². The predicted molar refractivity (Wildman–Crippen MR) is 100 cm³/mol. The van der Waals surface area contributed by atoms with Gasteiger partial charge in [0.15, 0.2) is 23.0 Å². The zero-order valence-corrected chi connectivity index (χ0v) is 14.9. The van der Waals surface area contributed by atoms with E-state index in [-0.39, 0.29) is 28.0 Å². The lowest BCUT2D eigenvalue weighted by molar-refractivity contribution is 0.330. The van der Waals surface area contributed by atoms with Gasteiger partial charge in [-0.05, 0) is 36.6 Å². The molecular weight excluding hydrogens is 368 g/mol. The van der Waals surface area contributed by atoms with E-state index in [0.29, 0.717) is 11.1 Å². The van der Waals surface area contributed by atoms with Crippen molar-refractivity contribution >= 4 is 0 Å². The summed E-state index contributed by atoms with van der Waals surface area (Å²) in [5.74, 6) is -6.10. The topological polar surface area (TPSA) is 162 Å². The number of aromatic hydroxyl groups is 8. The summed E-state index contributed by atoms with van der Waals surface area (Å²) in [6.45, 7) is 3.09. The smallest absolute Gasteiger partial charge is 0.208 e. The van der Waals surface area contributed by atoms with E-state index in [0.717, 1.165) is 0 Å². The standard InChI is InChI=1S/C20H18O8/c1-7-8(2)14(22)15(23)11(13(7)21)9-4-3-5-10(6-9)12-16(24)18(26)20(28)19(27)17(12)25/h3-6,21-28H,1-2H3. The van der Waals surface area contributed by atoms with Gasteiger partial charge in [0, 0.05) is 5.56 Å². The van der Waals surface area contributed by atoms with Crippen molar-refractivity contribution < 1.29 is 40.9 Å². The Labute approximate surface area is 159 Å². The van der Waals surface area contributed by atoms with Crippen LogP contribution >= 0.6 is 0 Å². The Morgan fingerprint density at radius 3 is 1.32 bits per heavy atom. The SMILES string of the molecule is Cc1c(C)c(O)c(-c2cccc(-c3c(O)c(O)c(O)c(O)c3O)c2)c(O)c1O. The molecule has 0 radical (unpaired) electrons. The van der Waals surface area contributed by atoms with Gasteiger partial charge in [-0.3, -0.25) is 0 Å². The van der Waals surface area contributed by atoms with Gasteiger partial charge in [-0.25, -0.2) is 0 Å². The Bertz CT molecular complexity index is 975. The average molecular weight is 386 g/mol. The van der Waals surface area contributed by atoms with Crippen LogP contribution in [-0.4, -0.2) is 40.9 Å². The molecule has 3 rings (SSSR count). The van der Waals surface area contributed by atoms with Gasteiger partial charge in [-0.1, -0.05) is 18.2 Å². The fourth-order valence-corrected chi connectivity index (χ4v) is 3.01. The van der Waals surface area contributed by atoms with Crippen molar-refractivity contribution in [1.82, 2.24) is 0 Å². The number of phenolic OH excluding ortho intramolecular Hbond substituents is 8. The van der Waals surface area contributed by atoms with Gasteiger partial charge in [-0.15, -0.1) is 0 Å². The molecule has 0 bridgehead atoms. The van der Waals surface area contributed by atoms with Crippen molar-refractivity contribution in [3.63, 3.8) is 0 Å². The number of rotatable bonds is 2. The van der Waals surface area contributed by atoms with E-state index in [1.54, 1.807) is 6.92 Å². The third kappa shape index (κ3) is 2.54. The van der Waals surface area contributed by atoms with Crippen molar-refractivity contribution in [2.24, 2.45) is 0 Å². The maximum Gasteiger partial charge on any atom is 0.208 e. The summed E-state index contributed by atoms with van der Waals surface area (Å²) in [5.41, 5.74) is 0.515. The molecule has 8 heteroatoms. The number of benzene rings is 3. The largest absolute Gasteiger partial charge is 0.507 e. The van der Waals surface area contributed by atoms with Gasteiger partial charge in [0.25, 0.3) is 0 Å². The maximum atomic E-state index is 10.4. The van der Waals surface area contributed by atoms with Crippen LogP contribution < -0.4 is 0 Å². The molecule has 0 atom stereocenters. The summed E-state index contributed by atoms with van der Waals surface area (Å²) in [5, 5.41) is 80.1. The van der Waals surface area contributed by atoms with E-state index >= 15 is 0 Å². The van der Waals surface area contributed by atoms with Crippen molar-refractivity contribution in [2.75, 3.05) is 0 Å². The lowest BCUT2D eigenvalue weighted by Gasteiger charge is -2.16. The van der Waals surface area contributed by atoms with Gasteiger partial charge in [0.2, 0.25) is 17.2 Å². The molecule has 8 N–H and O–H groups in total. The lowest BCUT2D eigenvalue weighted by atomic mass is 9.93. The van der Waals surface area contributed by atoms with Crippen molar-refractivity contribution in [2.45, 2.75) is 13.8 Å². The molecule has 0 heterocycles. The van der Waals surface area contributed by atoms with Crippen LogP contribution in [0.15, 0.2) is 24.3 Å². The van der Waals surface area contributed by atoms with E-state index in [1.807, 2.05) is 0 Å². The van der Waals surface area contributed by atoms with Gasteiger partial charge in [0.05, 0.1) is 11.1 Å². The van der Waals surface area contributed by atoms with Gasteiger partial charge in [-0.2, -0.15) is 0 Å². The molecule has 3 aromatic carbocycles. The highest BCUT2D eigenvalue weighted by Gasteiger charge is 2.25. The fraction of sp³-hybridized carbons (Fsp3) is 0.100. The summed E-state index contributed by atoms with van der Waals surface area (Å²) >= 11 is 0. The Morgan fingerprint density at radius 2 is 0.821 bits per heavy atom. The molecule has 8 nitrogen and oxygen atoms in total. The lowest BCUT2D eigenvalue weighted by Crippen LogP contribution is -1.91. The molecule has 0 aliphatic rings. The minimum atomic E-state index is -1.08. The predicted octanol–water partition coefficient (Wildman–Crippen LogP) is 3.28. The zero-order chi connectivity index (χ0) is 20.9. The first kappa shape index (κ1) is 18.8. The van der Waals surface area contributed by atoms with Crippen LogP contribution in [-0.2, 0) is 0 Å². The molecule has 0 unspecified atom stereocenters. The highest BCUT2D eigenvalue weighted by Crippen LogP contribution is 2.55. The van der Waals surface area contributed by atoms with Crippen LogP contribution in [0.25, 0.3) is 22.3 Å². The molecule has 146 valence electrons. The van der Waals surface area contributed by atoms with Crippen LogP contribution in [0.2, 0.25) is 0 Å². The van der Waals surface area contributed by atoms with E-state index < -0.39 is 40.2 Å². The van der Waals surface area contributed by atoms with Gasteiger partial charge >= 0.3 is 0 Å². The first-order chi connectivity index (χ1) is 13.1. The minimum absolute atomic E-state index is 0.0753. The zero-order valence-electron chi connectivity index (χ0n) is 14.9. The molecule has 0 saturated carbocycles. The quantitative estimate of drug-likeness (QED) is 0.246. The number of hydrogen-bond donors (Lipinski definition) is 8.